The van der Waals surface area contributed by atoms with Crippen LogP contribution in [-0.2, 0) is 6.54 Å². The molecule has 0 fully saturated rings. The molecular weight excluding hydrogens is 306 g/mol. The zero-order valence-corrected chi connectivity index (χ0v) is 13.3. The van der Waals surface area contributed by atoms with Crippen LogP contribution in [0.4, 0.5) is 0 Å². The number of rotatable bonds is 4. The lowest BCUT2D eigenvalue weighted by Gasteiger charge is -2.01. The average Bonchev–Trinajstić information content (AvgIpc) is 2.56. The van der Waals surface area contributed by atoms with Crippen molar-refractivity contribution in [1.82, 2.24) is 0 Å². The minimum Gasteiger partial charge on any atom is -0.508 e. The van der Waals surface area contributed by atoms with Crippen LogP contribution in [0.3, 0.4) is 0 Å². The van der Waals surface area contributed by atoms with Crippen LogP contribution in [-0.4, -0.2) is 5.11 Å². The van der Waals surface area contributed by atoms with Crippen LogP contribution in [0.2, 0.25) is 5.02 Å². The molecule has 0 atom stereocenters. The summed E-state index contributed by atoms with van der Waals surface area (Å²) in [7, 11) is 0. The Hall–Kier alpha value is -2.58. The zero-order chi connectivity index (χ0) is 16.1. The molecule has 0 radical (unpaired) electrons. The Bertz CT molecular complexity index is 825. The molecule has 0 aliphatic rings. The lowest BCUT2D eigenvalue weighted by atomic mass is 10.1. The third-order valence-electron chi connectivity index (χ3n) is 3.57. The van der Waals surface area contributed by atoms with Gasteiger partial charge in [-0.3, -0.25) is 0 Å². The van der Waals surface area contributed by atoms with Crippen LogP contribution in [0, 0.1) is 0 Å². The quantitative estimate of drug-likeness (QED) is 0.700. The van der Waals surface area contributed by atoms with Gasteiger partial charge >= 0.3 is 0 Å². The number of aromatic nitrogens is 1. The Balaban J connectivity index is 1.71. The van der Waals surface area contributed by atoms with Crippen LogP contribution >= 0.6 is 11.6 Å². The molecule has 0 aliphatic heterocycles. The molecule has 0 saturated carbocycles. The molecule has 3 heteroatoms. The topological polar surface area (TPSA) is 24.1 Å². The normalized spacial score (nSPS) is 11.0. The number of hydrogen-bond acceptors (Lipinski definition) is 1. The van der Waals surface area contributed by atoms with Gasteiger partial charge in [-0.1, -0.05) is 54.1 Å². The molecule has 114 valence electrons. The number of halogens is 1. The van der Waals surface area contributed by atoms with Gasteiger partial charge in [-0.25, -0.2) is 4.57 Å². The van der Waals surface area contributed by atoms with Crippen molar-refractivity contribution in [3.05, 3.63) is 94.8 Å². The highest BCUT2D eigenvalue weighted by atomic mass is 35.5. The van der Waals surface area contributed by atoms with Gasteiger partial charge in [0.15, 0.2) is 18.9 Å². The monoisotopic (exact) mass is 322 g/mol. The van der Waals surface area contributed by atoms with E-state index in [0.717, 1.165) is 28.3 Å². The highest BCUT2D eigenvalue weighted by molar-refractivity contribution is 6.31. The first kappa shape index (κ1) is 15.3. The van der Waals surface area contributed by atoms with Crippen molar-refractivity contribution in [2.45, 2.75) is 6.54 Å². The largest absolute Gasteiger partial charge is 0.508 e. The average molecular weight is 323 g/mol. The standard InChI is InChI=1S/C20H16ClNO/c21-20-7-2-1-5-18(20)15-22-12-10-16(11-13-22)8-9-17-4-3-6-19(23)14-17/h1-14H,15H2/p+1. The van der Waals surface area contributed by atoms with Gasteiger partial charge in [0.2, 0.25) is 0 Å². The van der Waals surface area contributed by atoms with E-state index in [-0.39, 0.29) is 5.75 Å². The van der Waals surface area contributed by atoms with Crippen LogP contribution < -0.4 is 4.57 Å². The first-order valence-electron chi connectivity index (χ1n) is 7.40. The van der Waals surface area contributed by atoms with Gasteiger partial charge in [-0.2, -0.15) is 0 Å². The summed E-state index contributed by atoms with van der Waals surface area (Å²) >= 11 is 6.19. The fourth-order valence-electron chi connectivity index (χ4n) is 2.33. The number of nitrogens with zero attached hydrogens (tertiary/aromatic N) is 1. The van der Waals surface area contributed by atoms with Crippen LogP contribution in [0.25, 0.3) is 12.2 Å². The second kappa shape index (κ2) is 7.12. The predicted octanol–water partition coefficient (Wildman–Crippen LogP) is 4.55. The van der Waals surface area contributed by atoms with E-state index >= 15 is 0 Å². The van der Waals surface area contributed by atoms with Gasteiger partial charge in [-0.15, -0.1) is 0 Å². The number of hydrogen-bond donors (Lipinski definition) is 1. The molecule has 0 unspecified atom stereocenters. The second-order valence-corrected chi connectivity index (χ2v) is 5.73. The van der Waals surface area contributed by atoms with Crippen LogP contribution in [0.1, 0.15) is 16.7 Å². The van der Waals surface area contributed by atoms with Crippen molar-refractivity contribution in [3.8, 4) is 5.75 Å². The van der Waals surface area contributed by atoms with Crippen molar-refractivity contribution < 1.29 is 9.67 Å². The summed E-state index contributed by atoms with van der Waals surface area (Å²) in [6.07, 6.45) is 8.07. The Labute approximate surface area is 140 Å². The molecule has 1 aromatic heterocycles. The van der Waals surface area contributed by atoms with E-state index in [9.17, 15) is 5.11 Å². The molecule has 1 heterocycles. The summed E-state index contributed by atoms with van der Waals surface area (Å²) < 4.78 is 2.09. The summed E-state index contributed by atoms with van der Waals surface area (Å²) in [6.45, 7) is 0.746. The third-order valence-corrected chi connectivity index (χ3v) is 3.93. The van der Waals surface area contributed by atoms with Gasteiger partial charge < -0.3 is 5.11 Å². The molecule has 3 aromatic rings. The Morgan fingerprint density at radius 2 is 1.61 bits per heavy atom. The molecule has 23 heavy (non-hydrogen) atoms. The highest BCUT2D eigenvalue weighted by Gasteiger charge is 2.05. The van der Waals surface area contributed by atoms with Crippen LogP contribution in [0.5, 0.6) is 5.75 Å². The highest BCUT2D eigenvalue weighted by Crippen LogP contribution is 2.15. The number of phenolic OH excluding ortho intramolecular Hbond substituents is 1. The van der Waals surface area contributed by atoms with E-state index in [4.69, 9.17) is 11.6 Å². The minimum atomic E-state index is 0.276. The van der Waals surface area contributed by atoms with Gasteiger partial charge in [0, 0.05) is 17.7 Å². The maximum atomic E-state index is 9.46. The first-order valence-corrected chi connectivity index (χ1v) is 7.78. The summed E-state index contributed by atoms with van der Waals surface area (Å²) in [6, 6.07) is 19.2. The second-order valence-electron chi connectivity index (χ2n) is 5.32. The molecule has 0 aliphatic carbocycles. The Morgan fingerprint density at radius 3 is 2.35 bits per heavy atom. The fourth-order valence-corrected chi connectivity index (χ4v) is 2.53. The van der Waals surface area contributed by atoms with Crippen LogP contribution in [0.15, 0.2) is 73.1 Å². The third kappa shape index (κ3) is 4.21. The smallest absolute Gasteiger partial charge is 0.175 e. The van der Waals surface area contributed by atoms with Gasteiger partial charge in [0.05, 0.1) is 5.02 Å². The van der Waals surface area contributed by atoms with Gasteiger partial charge in [0.25, 0.3) is 0 Å². The molecule has 0 saturated heterocycles. The van der Waals surface area contributed by atoms with Gasteiger partial charge in [-0.05, 0) is 29.3 Å². The van der Waals surface area contributed by atoms with Crippen molar-refractivity contribution in [3.63, 3.8) is 0 Å². The van der Waals surface area contributed by atoms with Crippen molar-refractivity contribution >= 4 is 23.8 Å². The summed E-state index contributed by atoms with van der Waals surface area (Å²) in [5, 5.41) is 10.2. The number of phenols is 1. The summed E-state index contributed by atoms with van der Waals surface area (Å²) in [4.78, 5) is 0. The van der Waals surface area contributed by atoms with Crippen molar-refractivity contribution in [2.75, 3.05) is 0 Å². The zero-order valence-electron chi connectivity index (χ0n) is 12.6. The summed E-state index contributed by atoms with van der Waals surface area (Å²) in [5.74, 6) is 0.276. The molecule has 3 rings (SSSR count). The molecule has 0 bridgehead atoms. The predicted molar refractivity (Wildman–Crippen MR) is 94.2 cm³/mol. The molecule has 2 nitrogen and oxygen atoms in total. The van der Waals surface area contributed by atoms with E-state index in [0.29, 0.717) is 0 Å². The minimum absolute atomic E-state index is 0.276. The number of benzene rings is 2. The lowest BCUT2D eigenvalue weighted by Crippen LogP contribution is -2.33. The number of pyridine rings is 1. The maximum Gasteiger partial charge on any atom is 0.175 e. The van der Waals surface area contributed by atoms with E-state index in [1.165, 1.54) is 0 Å². The fraction of sp³-hybridized carbons (Fsp3) is 0.0500. The van der Waals surface area contributed by atoms with E-state index in [2.05, 4.69) is 16.7 Å². The molecular formula is C20H17ClNO+. The van der Waals surface area contributed by atoms with E-state index in [1.807, 2.05) is 60.9 Å². The SMILES string of the molecule is Oc1cccc(C=Cc2cc[n+](Cc3ccccc3Cl)cc2)c1. The Kier molecular flexibility index (Phi) is 4.74. The molecule has 1 N–H and O–H groups in total. The van der Waals surface area contributed by atoms with E-state index < -0.39 is 0 Å². The maximum absolute atomic E-state index is 9.46. The summed E-state index contributed by atoms with van der Waals surface area (Å²) in [5.41, 5.74) is 3.17. The molecule has 0 amide bonds. The number of aromatic hydroxyl groups is 1. The van der Waals surface area contributed by atoms with Gasteiger partial charge in [0.1, 0.15) is 5.75 Å². The van der Waals surface area contributed by atoms with Crippen molar-refractivity contribution in [2.24, 2.45) is 0 Å². The van der Waals surface area contributed by atoms with E-state index in [1.54, 1.807) is 12.1 Å². The molecule has 0 spiro atoms. The Morgan fingerprint density at radius 1 is 0.870 bits per heavy atom. The van der Waals surface area contributed by atoms with Crippen molar-refractivity contribution in [1.29, 1.82) is 0 Å². The molecule has 2 aromatic carbocycles. The first-order chi connectivity index (χ1) is 11.2. The lowest BCUT2D eigenvalue weighted by molar-refractivity contribution is -0.688.